The van der Waals surface area contributed by atoms with Gasteiger partial charge in [0.2, 0.25) is 0 Å². The summed E-state index contributed by atoms with van der Waals surface area (Å²) >= 11 is 10.8. The zero-order chi connectivity index (χ0) is 18.5. The molecular formula is C17H11BrClN3O3S. The summed E-state index contributed by atoms with van der Waals surface area (Å²) in [6, 6.07) is 15.2. The maximum absolute atomic E-state index is 10.6. The largest absolute Gasteiger partial charge is 0.447 e. The van der Waals surface area contributed by atoms with Gasteiger partial charge in [0.1, 0.15) is 5.76 Å². The quantitative estimate of drug-likeness (QED) is 0.273. The highest BCUT2D eigenvalue weighted by atomic mass is 79.9. The van der Waals surface area contributed by atoms with Crippen molar-refractivity contribution in [1.29, 1.82) is 0 Å². The lowest BCUT2D eigenvalue weighted by Gasteiger charge is -1.99. The minimum Gasteiger partial charge on any atom is -0.447 e. The topological polar surface area (TPSA) is 80.7 Å². The SMILES string of the molecule is O=[N+]([O-])c1ccc(N/N=C\c2cc(Br)c(Sc3ccc(Cl)cc3)o2)cc1. The van der Waals surface area contributed by atoms with Crippen LogP contribution >= 0.6 is 39.3 Å². The lowest BCUT2D eigenvalue weighted by atomic mass is 10.3. The normalized spacial score (nSPS) is 11.0. The summed E-state index contributed by atoms with van der Waals surface area (Å²) in [5.74, 6) is 0.558. The van der Waals surface area contributed by atoms with Crippen LogP contribution < -0.4 is 5.43 Å². The molecule has 0 aliphatic heterocycles. The van der Waals surface area contributed by atoms with Crippen LogP contribution in [0.1, 0.15) is 5.76 Å². The number of halogens is 2. The molecule has 0 radical (unpaired) electrons. The van der Waals surface area contributed by atoms with E-state index in [9.17, 15) is 10.1 Å². The van der Waals surface area contributed by atoms with Crippen molar-refractivity contribution in [2.45, 2.75) is 9.99 Å². The van der Waals surface area contributed by atoms with E-state index in [-0.39, 0.29) is 5.69 Å². The van der Waals surface area contributed by atoms with E-state index in [0.29, 0.717) is 21.6 Å². The Hall–Kier alpha value is -2.29. The fourth-order valence-electron chi connectivity index (χ4n) is 1.94. The highest BCUT2D eigenvalue weighted by Crippen LogP contribution is 2.35. The molecule has 0 amide bonds. The van der Waals surface area contributed by atoms with Crippen molar-refractivity contribution >= 4 is 56.9 Å². The van der Waals surface area contributed by atoms with Crippen LogP contribution in [0.25, 0.3) is 0 Å². The molecule has 26 heavy (non-hydrogen) atoms. The van der Waals surface area contributed by atoms with Crippen molar-refractivity contribution in [1.82, 2.24) is 0 Å². The molecule has 0 aliphatic carbocycles. The first-order valence-corrected chi connectivity index (χ1v) is 9.26. The Kier molecular flexibility index (Phi) is 5.97. The monoisotopic (exact) mass is 451 g/mol. The third kappa shape index (κ3) is 4.87. The van der Waals surface area contributed by atoms with E-state index < -0.39 is 4.92 Å². The van der Waals surface area contributed by atoms with E-state index >= 15 is 0 Å². The van der Waals surface area contributed by atoms with E-state index in [0.717, 1.165) is 9.37 Å². The fourth-order valence-corrected chi connectivity index (χ4v) is 3.40. The molecule has 132 valence electrons. The number of hydrazone groups is 1. The molecule has 0 spiro atoms. The standard InChI is InChI=1S/C17H11BrClN3O3S/c18-16-9-14(25-17(16)26-15-7-1-11(19)2-8-15)10-20-21-12-3-5-13(6-4-12)22(23)24/h1-10,21H/b20-10-. The average Bonchev–Trinajstić information content (AvgIpc) is 2.97. The molecule has 1 heterocycles. The number of hydrogen-bond acceptors (Lipinski definition) is 6. The molecule has 0 aliphatic rings. The lowest BCUT2D eigenvalue weighted by molar-refractivity contribution is -0.384. The number of furan rings is 1. The van der Waals surface area contributed by atoms with Crippen LogP contribution in [0.2, 0.25) is 5.02 Å². The number of nitro benzene ring substituents is 1. The Balaban J connectivity index is 1.64. The molecule has 3 rings (SSSR count). The van der Waals surface area contributed by atoms with Crippen LogP contribution in [-0.4, -0.2) is 11.1 Å². The molecule has 0 saturated carbocycles. The van der Waals surface area contributed by atoms with Gasteiger partial charge in [-0.2, -0.15) is 5.10 Å². The maximum atomic E-state index is 10.6. The van der Waals surface area contributed by atoms with Crippen LogP contribution in [0.5, 0.6) is 0 Å². The molecule has 0 unspecified atom stereocenters. The summed E-state index contributed by atoms with van der Waals surface area (Å²) in [7, 11) is 0. The Bertz CT molecular complexity index is 943. The van der Waals surface area contributed by atoms with E-state index in [2.05, 4.69) is 26.5 Å². The summed E-state index contributed by atoms with van der Waals surface area (Å²) in [6.07, 6.45) is 1.53. The number of nitrogens with zero attached hydrogens (tertiary/aromatic N) is 2. The van der Waals surface area contributed by atoms with Crippen molar-refractivity contribution in [3.05, 3.63) is 80.0 Å². The molecule has 0 fully saturated rings. The van der Waals surface area contributed by atoms with Gasteiger partial charge in [0.15, 0.2) is 5.09 Å². The van der Waals surface area contributed by atoms with Crippen LogP contribution in [0, 0.1) is 10.1 Å². The number of benzene rings is 2. The number of nitrogens with one attached hydrogen (secondary N) is 1. The Morgan fingerprint density at radius 2 is 1.88 bits per heavy atom. The van der Waals surface area contributed by atoms with Gasteiger partial charge in [-0.05, 0) is 52.3 Å². The van der Waals surface area contributed by atoms with Gasteiger partial charge in [-0.3, -0.25) is 15.5 Å². The van der Waals surface area contributed by atoms with Gasteiger partial charge in [0.05, 0.1) is 21.3 Å². The van der Waals surface area contributed by atoms with Crippen LogP contribution in [0.15, 0.2) is 78.6 Å². The van der Waals surface area contributed by atoms with Crippen molar-refractivity contribution in [2.75, 3.05) is 5.43 Å². The molecule has 1 aromatic heterocycles. The molecule has 0 atom stereocenters. The predicted octanol–water partition coefficient (Wildman–Crippen LogP) is 6.20. The summed E-state index contributed by atoms with van der Waals surface area (Å²) in [4.78, 5) is 11.2. The molecule has 6 nitrogen and oxygen atoms in total. The van der Waals surface area contributed by atoms with E-state index in [1.54, 1.807) is 18.2 Å². The molecule has 3 aromatic rings. The zero-order valence-corrected chi connectivity index (χ0v) is 16.2. The number of nitro groups is 1. The molecule has 1 N–H and O–H groups in total. The minimum atomic E-state index is -0.451. The van der Waals surface area contributed by atoms with Gasteiger partial charge in [-0.25, -0.2) is 0 Å². The number of non-ortho nitro benzene ring substituents is 1. The van der Waals surface area contributed by atoms with Gasteiger partial charge in [0, 0.05) is 28.1 Å². The third-order valence-corrected chi connectivity index (χ3v) is 5.26. The first-order valence-electron chi connectivity index (χ1n) is 7.27. The smallest absolute Gasteiger partial charge is 0.269 e. The fraction of sp³-hybridized carbons (Fsp3) is 0. The Morgan fingerprint density at radius 1 is 1.19 bits per heavy atom. The van der Waals surface area contributed by atoms with Crippen molar-refractivity contribution in [3.63, 3.8) is 0 Å². The Morgan fingerprint density at radius 3 is 2.54 bits per heavy atom. The highest BCUT2D eigenvalue weighted by Gasteiger charge is 2.10. The van der Waals surface area contributed by atoms with Gasteiger partial charge >= 0.3 is 0 Å². The second-order valence-corrected chi connectivity index (χ2v) is 7.35. The lowest BCUT2D eigenvalue weighted by Crippen LogP contribution is -1.91. The van der Waals surface area contributed by atoms with Gasteiger partial charge in [-0.15, -0.1) is 0 Å². The number of anilines is 1. The van der Waals surface area contributed by atoms with Gasteiger partial charge in [-0.1, -0.05) is 23.4 Å². The highest BCUT2D eigenvalue weighted by molar-refractivity contribution is 9.10. The van der Waals surface area contributed by atoms with Crippen LogP contribution in [-0.2, 0) is 0 Å². The first kappa shape index (κ1) is 18.5. The summed E-state index contributed by atoms with van der Waals surface area (Å²) in [5, 5.41) is 16.1. The van der Waals surface area contributed by atoms with Crippen molar-refractivity contribution < 1.29 is 9.34 Å². The number of hydrogen-bond donors (Lipinski definition) is 1. The van der Waals surface area contributed by atoms with E-state index in [1.165, 1.54) is 30.1 Å². The van der Waals surface area contributed by atoms with Crippen LogP contribution in [0.3, 0.4) is 0 Å². The minimum absolute atomic E-state index is 0.0263. The van der Waals surface area contributed by atoms with E-state index in [4.69, 9.17) is 16.0 Å². The molecule has 0 saturated heterocycles. The molecule has 0 bridgehead atoms. The Labute approximate surface area is 166 Å². The summed E-state index contributed by atoms with van der Waals surface area (Å²) < 4.78 is 6.56. The van der Waals surface area contributed by atoms with Crippen molar-refractivity contribution in [3.8, 4) is 0 Å². The molecular weight excluding hydrogens is 442 g/mol. The summed E-state index contributed by atoms with van der Waals surface area (Å²) in [5.41, 5.74) is 3.45. The third-order valence-electron chi connectivity index (χ3n) is 3.16. The average molecular weight is 453 g/mol. The second kappa shape index (κ2) is 8.39. The second-order valence-electron chi connectivity index (χ2n) is 5.01. The maximum Gasteiger partial charge on any atom is 0.269 e. The molecule has 2 aromatic carbocycles. The van der Waals surface area contributed by atoms with Gasteiger partial charge < -0.3 is 4.42 Å². The first-order chi connectivity index (χ1) is 12.5. The van der Waals surface area contributed by atoms with E-state index in [1.807, 2.05) is 24.3 Å². The number of rotatable bonds is 6. The predicted molar refractivity (Wildman–Crippen MR) is 106 cm³/mol. The zero-order valence-electron chi connectivity index (χ0n) is 13.1. The van der Waals surface area contributed by atoms with Crippen molar-refractivity contribution in [2.24, 2.45) is 5.10 Å². The van der Waals surface area contributed by atoms with Crippen LogP contribution in [0.4, 0.5) is 11.4 Å². The van der Waals surface area contributed by atoms with Gasteiger partial charge in [0.25, 0.3) is 5.69 Å². The molecule has 9 heteroatoms. The summed E-state index contributed by atoms with van der Waals surface area (Å²) in [6.45, 7) is 0.